The lowest BCUT2D eigenvalue weighted by atomic mass is 9.62. The minimum absolute atomic E-state index is 0.141. The van der Waals surface area contributed by atoms with Crippen molar-refractivity contribution in [1.29, 1.82) is 0 Å². The molecule has 0 atom stereocenters. The first kappa shape index (κ1) is 30.2. The van der Waals surface area contributed by atoms with Gasteiger partial charge in [0, 0.05) is 6.54 Å². The highest BCUT2D eigenvalue weighted by molar-refractivity contribution is 6.00. The second kappa shape index (κ2) is 13.3. The molecule has 0 bridgehead atoms. The maximum absolute atomic E-state index is 13.7. The van der Waals surface area contributed by atoms with Crippen molar-refractivity contribution >= 4 is 18.0 Å². The summed E-state index contributed by atoms with van der Waals surface area (Å²) in [5.74, 6) is 0.0969. The molecule has 0 N–H and O–H groups in total. The molecule has 1 heterocycles. The third-order valence-corrected chi connectivity index (χ3v) is 8.08. The molecule has 1 spiro atoms. The van der Waals surface area contributed by atoms with Gasteiger partial charge >= 0.3 is 18.0 Å². The molecule has 0 unspecified atom stereocenters. The van der Waals surface area contributed by atoms with Crippen molar-refractivity contribution in [3.8, 4) is 11.5 Å². The van der Waals surface area contributed by atoms with Crippen LogP contribution in [0.4, 0.5) is 4.79 Å². The predicted molar refractivity (Wildman–Crippen MR) is 152 cm³/mol. The molecule has 2 aromatic rings. The van der Waals surface area contributed by atoms with Crippen LogP contribution in [0.3, 0.4) is 0 Å². The Balaban J connectivity index is 1.75. The van der Waals surface area contributed by atoms with Crippen molar-refractivity contribution in [2.45, 2.75) is 71.9 Å². The number of hydrogen-bond donors (Lipinski definition) is 0. The molecular weight excluding hydrogens is 526 g/mol. The molecule has 0 saturated heterocycles. The monoisotopic (exact) mass is 567 g/mol. The van der Waals surface area contributed by atoms with Crippen LogP contribution in [0.1, 0.15) is 70.1 Å². The molecule has 1 aliphatic carbocycles. The number of fused-ring (bicyclic) bond motifs is 2. The van der Waals surface area contributed by atoms with Gasteiger partial charge in [0.1, 0.15) is 6.61 Å². The van der Waals surface area contributed by atoms with Gasteiger partial charge in [-0.25, -0.2) is 4.79 Å². The quantitative estimate of drug-likeness (QED) is 0.209. The van der Waals surface area contributed by atoms with Crippen molar-refractivity contribution in [2.24, 2.45) is 5.41 Å². The molecule has 1 fully saturated rings. The molecule has 1 amide bonds. The van der Waals surface area contributed by atoms with Crippen LogP contribution in [0.2, 0.25) is 0 Å². The summed E-state index contributed by atoms with van der Waals surface area (Å²) < 4.78 is 28.4. The van der Waals surface area contributed by atoms with Crippen LogP contribution >= 0.6 is 0 Å². The number of hydrogen-bond acceptors (Lipinski definition) is 8. The van der Waals surface area contributed by atoms with E-state index in [4.69, 9.17) is 23.7 Å². The summed E-state index contributed by atoms with van der Waals surface area (Å²) in [7, 11) is 0. The lowest BCUT2D eigenvalue weighted by Gasteiger charge is -2.52. The first-order valence-electron chi connectivity index (χ1n) is 14.6. The van der Waals surface area contributed by atoms with Crippen molar-refractivity contribution in [3.63, 3.8) is 0 Å². The van der Waals surface area contributed by atoms with Crippen molar-refractivity contribution in [3.05, 3.63) is 59.2 Å². The predicted octanol–water partition coefficient (Wildman–Crippen LogP) is 5.56. The normalized spacial score (nSPS) is 16.8. The number of nitrogens with zero attached hydrogens (tertiary/aromatic N) is 1. The summed E-state index contributed by atoms with van der Waals surface area (Å²) in [6.45, 7) is 9.08. The van der Waals surface area contributed by atoms with Crippen LogP contribution < -0.4 is 9.47 Å². The number of carbonyl (C=O) groups excluding carboxylic acids is 3. The van der Waals surface area contributed by atoms with Gasteiger partial charge < -0.3 is 23.7 Å². The average molecular weight is 568 g/mol. The Morgan fingerprint density at radius 2 is 1.34 bits per heavy atom. The van der Waals surface area contributed by atoms with E-state index in [2.05, 4.69) is 0 Å². The van der Waals surface area contributed by atoms with Gasteiger partial charge in [0.2, 0.25) is 0 Å². The SMILES string of the molecule is CCOC(=O)C1(C(=O)OCC)CCC2(CC1)c1cc(OCC)c(OCC)cc1CCN2C(=O)OCc1ccccc1. The standard InChI is InChI=1S/C32H41NO8/c1-5-37-26-20-24-14-19-33(30(36)41-22-23-12-10-9-11-13-23)32(25(24)21-27(26)38-6-2)17-15-31(16-18-32,28(34)39-7-3)29(35)40-8-4/h9-13,20-21H,5-8,14-19,22H2,1-4H3. The molecule has 222 valence electrons. The van der Waals surface area contributed by atoms with E-state index in [0.29, 0.717) is 50.5 Å². The van der Waals surface area contributed by atoms with Crippen molar-refractivity contribution < 1.29 is 38.1 Å². The van der Waals surface area contributed by atoms with E-state index in [9.17, 15) is 14.4 Å². The minimum atomic E-state index is -1.43. The number of ether oxygens (including phenoxy) is 5. The van der Waals surface area contributed by atoms with Gasteiger partial charge in [-0.15, -0.1) is 0 Å². The zero-order valence-corrected chi connectivity index (χ0v) is 24.5. The fourth-order valence-electron chi connectivity index (χ4n) is 6.09. The Kier molecular flexibility index (Phi) is 9.78. The molecule has 0 radical (unpaired) electrons. The molecule has 9 heteroatoms. The molecular formula is C32H41NO8. The lowest BCUT2D eigenvalue weighted by molar-refractivity contribution is -0.177. The second-order valence-electron chi connectivity index (χ2n) is 10.3. The molecule has 0 aromatic heterocycles. The summed E-state index contributed by atoms with van der Waals surface area (Å²) >= 11 is 0. The zero-order chi connectivity index (χ0) is 29.5. The van der Waals surface area contributed by atoms with E-state index >= 15 is 0 Å². The van der Waals surface area contributed by atoms with Gasteiger partial charge in [0.25, 0.3) is 0 Å². The first-order chi connectivity index (χ1) is 19.8. The Hall–Kier alpha value is -3.75. The van der Waals surface area contributed by atoms with Crippen LogP contribution in [0.25, 0.3) is 0 Å². The molecule has 1 saturated carbocycles. The fourth-order valence-corrected chi connectivity index (χ4v) is 6.09. The number of rotatable bonds is 10. The molecule has 9 nitrogen and oxygen atoms in total. The van der Waals surface area contributed by atoms with E-state index in [0.717, 1.165) is 16.7 Å². The molecule has 2 aromatic carbocycles. The van der Waals surface area contributed by atoms with E-state index in [-0.39, 0.29) is 32.7 Å². The third-order valence-electron chi connectivity index (χ3n) is 8.08. The number of benzene rings is 2. The van der Waals surface area contributed by atoms with Gasteiger partial charge in [-0.2, -0.15) is 0 Å². The van der Waals surface area contributed by atoms with Crippen LogP contribution in [0.15, 0.2) is 42.5 Å². The zero-order valence-electron chi connectivity index (χ0n) is 24.5. The third kappa shape index (κ3) is 5.99. The summed E-state index contributed by atoms with van der Waals surface area (Å²) in [6, 6.07) is 13.5. The van der Waals surface area contributed by atoms with E-state index < -0.39 is 29.0 Å². The van der Waals surface area contributed by atoms with E-state index in [1.54, 1.807) is 18.7 Å². The molecule has 1 aliphatic heterocycles. The highest BCUT2D eigenvalue weighted by Crippen LogP contribution is 2.54. The number of amides is 1. The summed E-state index contributed by atoms with van der Waals surface area (Å²) in [4.78, 5) is 41.9. The van der Waals surface area contributed by atoms with Gasteiger partial charge in [-0.3, -0.25) is 14.5 Å². The van der Waals surface area contributed by atoms with Crippen LogP contribution in [0, 0.1) is 5.41 Å². The average Bonchev–Trinajstić information content (AvgIpc) is 2.98. The topological polar surface area (TPSA) is 101 Å². The van der Waals surface area contributed by atoms with Gasteiger partial charge in [-0.1, -0.05) is 30.3 Å². The highest BCUT2D eigenvalue weighted by Gasteiger charge is 2.58. The molecule has 4 rings (SSSR count). The Labute approximate surface area is 242 Å². The summed E-state index contributed by atoms with van der Waals surface area (Å²) in [6.07, 6.45) is 1.19. The summed E-state index contributed by atoms with van der Waals surface area (Å²) in [5, 5.41) is 0. The van der Waals surface area contributed by atoms with Crippen molar-refractivity contribution in [2.75, 3.05) is 33.0 Å². The largest absolute Gasteiger partial charge is 0.490 e. The smallest absolute Gasteiger partial charge is 0.410 e. The molecule has 41 heavy (non-hydrogen) atoms. The maximum Gasteiger partial charge on any atom is 0.410 e. The lowest BCUT2D eigenvalue weighted by Crippen LogP contribution is -2.58. The van der Waals surface area contributed by atoms with Crippen LogP contribution in [-0.2, 0) is 42.4 Å². The van der Waals surface area contributed by atoms with Crippen molar-refractivity contribution in [1.82, 2.24) is 4.90 Å². The Morgan fingerprint density at radius 1 is 0.756 bits per heavy atom. The van der Waals surface area contributed by atoms with E-state index in [1.807, 2.05) is 56.3 Å². The second-order valence-corrected chi connectivity index (χ2v) is 10.3. The maximum atomic E-state index is 13.7. The molecule has 2 aliphatic rings. The van der Waals surface area contributed by atoms with Gasteiger partial charge in [-0.05, 0) is 88.6 Å². The van der Waals surface area contributed by atoms with Gasteiger partial charge in [0.15, 0.2) is 16.9 Å². The minimum Gasteiger partial charge on any atom is -0.490 e. The highest BCUT2D eigenvalue weighted by atomic mass is 16.6. The fraction of sp³-hybridized carbons (Fsp3) is 0.531. The van der Waals surface area contributed by atoms with E-state index in [1.165, 1.54) is 0 Å². The number of esters is 2. The van der Waals surface area contributed by atoms with Crippen LogP contribution in [0.5, 0.6) is 11.5 Å². The first-order valence-corrected chi connectivity index (χ1v) is 14.6. The Morgan fingerprint density at radius 3 is 1.90 bits per heavy atom. The summed E-state index contributed by atoms with van der Waals surface area (Å²) in [5.41, 5.74) is 0.611. The number of carbonyl (C=O) groups is 3. The van der Waals surface area contributed by atoms with Crippen LogP contribution in [-0.4, -0.2) is 55.9 Å². The van der Waals surface area contributed by atoms with Gasteiger partial charge in [0.05, 0.1) is 32.0 Å². The Bertz CT molecular complexity index is 1200.